The zero-order valence-electron chi connectivity index (χ0n) is 9.52. The second-order valence-corrected chi connectivity index (χ2v) is 7.13. The maximum absolute atomic E-state index is 11.5. The van der Waals surface area contributed by atoms with E-state index in [0.29, 0.717) is 5.70 Å². The van der Waals surface area contributed by atoms with Gasteiger partial charge in [-0.2, -0.15) is 8.42 Å². The molecule has 1 N–H and O–H groups in total. The Bertz CT molecular complexity index is 666. The van der Waals surface area contributed by atoms with Gasteiger partial charge in [-0.15, -0.1) is 15.7 Å². The number of rotatable bonds is 2. The molecule has 0 amide bonds. The van der Waals surface area contributed by atoms with E-state index in [0.717, 1.165) is 14.2 Å². The first-order valence-electron chi connectivity index (χ1n) is 4.90. The second-order valence-electron chi connectivity index (χ2n) is 3.68. The molecule has 0 aliphatic carbocycles. The van der Waals surface area contributed by atoms with Crippen LogP contribution in [0.5, 0.6) is 0 Å². The molecule has 0 saturated heterocycles. The molecule has 0 saturated carbocycles. The number of nitrogens with zero attached hydrogens (tertiary/aromatic N) is 1. The molecule has 0 bridgehead atoms. The van der Waals surface area contributed by atoms with Crippen molar-refractivity contribution in [1.29, 1.82) is 0 Å². The van der Waals surface area contributed by atoms with Crippen LogP contribution in [0, 0.1) is 6.92 Å². The molecule has 5 nitrogen and oxygen atoms in total. The summed E-state index contributed by atoms with van der Waals surface area (Å²) in [6.45, 7) is 3.19. The molecule has 2 heterocycles. The Kier molecular flexibility index (Phi) is 3.43. The number of hydrogen-bond acceptors (Lipinski definition) is 4. The van der Waals surface area contributed by atoms with E-state index in [1.165, 1.54) is 24.3 Å². The monoisotopic (exact) mass is 348 g/mol. The number of hydrogen-bond donors (Lipinski definition) is 1. The second kappa shape index (κ2) is 4.60. The van der Waals surface area contributed by atoms with E-state index in [9.17, 15) is 13.2 Å². The van der Waals surface area contributed by atoms with Crippen LogP contribution < -0.4 is 4.72 Å². The molecule has 0 aromatic carbocycles. The Balaban J connectivity index is 2.52. The Hall–Kier alpha value is -0.990. The molecule has 2 rings (SSSR count). The van der Waals surface area contributed by atoms with Crippen LogP contribution in [0.1, 0.15) is 16.7 Å². The highest BCUT2D eigenvalue weighted by Gasteiger charge is 2.22. The van der Waals surface area contributed by atoms with Crippen molar-refractivity contribution in [3.63, 3.8) is 0 Å². The Morgan fingerprint density at radius 3 is 2.67 bits per heavy atom. The average Bonchev–Trinajstić information content (AvgIpc) is 2.57. The minimum absolute atomic E-state index is 0.0640. The fourth-order valence-corrected chi connectivity index (χ4v) is 3.87. The lowest BCUT2D eigenvalue weighted by molar-refractivity contribution is -0.111. The van der Waals surface area contributed by atoms with Crippen LogP contribution in [0.4, 0.5) is 0 Å². The van der Waals surface area contributed by atoms with E-state index in [4.69, 9.17) is 0 Å². The van der Waals surface area contributed by atoms with E-state index < -0.39 is 10.2 Å². The number of ketones is 1. The minimum atomic E-state index is -3.84. The molecule has 0 atom stereocenters. The highest BCUT2D eigenvalue weighted by molar-refractivity contribution is 9.10. The molecule has 1 aromatic heterocycles. The number of carbonyl (C=O) groups excluding carboxylic acids is 1. The summed E-state index contributed by atoms with van der Waals surface area (Å²) in [6, 6.07) is 1.80. The summed E-state index contributed by atoms with van der Waals surface area (Å²) in [5.74, 6) is -0.384. The van der Waals surface area contributed by atoms with Gasteiger partial charge in [-0.05, 0) is 35.0 Å². The van der Waals surface area contributed by atoms with E-state index in [1.807, 2.05) is 6.92 Å². The van der Waals surface area contributed by atoms with Crippen LogP contribution in [0.3, 0.4) is 0 Å². The van der Waals surface area contributed by atoms with Gasteiger partial charge in [-0.1, -0.05) is 0 Å². The van der Waals surface area contributed by atoms with Crippen molar-refractivity contribution in [2.45, 2.75) is 13.8 Å². The van der Waals surface area contributed by atoms with Gasteiger partial charge >= 0.3 is 10.2 Å². The van der Waals surface area contributed by atoms with Gasteiger partial charge in [0, 0.05) is 16.3 Å². The van der Waals surface area contributed by atoms with E-state index in [1.54, 1.807) is 6.07 Å². The summed E-state index contributed by atoms with van der Waals surface area (Å²) in [6.07, 6.45) is 1.45. The Morgan fingerprint density at radius 2 is 2.17 bits per heavy atom. The lowest BCUT2D eigenvalue weighted by Crippen LogP contribution is -2.27. The SMILES string of the molecule is CC(=O)C1=NS(=O)(=O)NC(c2cc(Br)c(C)s2)=C1. The first-order valence-corrected chi connectivity index (χ1v) is 7.95. The minimum Gasteiger partial charge on any atom is -0.293 e. The van der Waals surface area contributed by atoms with Crippen molar-refractivity contribution >= 4 is 54.7 Å². The van der Waals surface area contributed by atoms with E-state index in [-0.39, 0.29) is 11.5 Å². The molecule has 0 spiro atoms. The van der Waals surface area contributed by atoms with Crippen LogP contribution in [-0.2, 0) is 15.0 Å². The summed E-state index contributed by atoms with van der Waals surface area (Å²) in [7, 11) is -3.84. The third-order valence-corrected chi connectivity index (χ3v) is 5.31. The zero-order valence-corrected chi connectivity index (χ0v) is 12.7. The summed E-state index contributed by atoms with van der Waals surface area (Å²) < 4.78 is 29.7. The van der Waals surface area contributed by atoms with Gasteiger partial charge in [0.15, 0.2) is 5.78 Å². The molecule has 0 fully saturated rings. The summed E-state index contributed by atoms with van der Waals surface area (Å²) >= 11 is 4.79. The maximum Gasteiger partial charge on any atom is 0.342 e. The van der Waals surface area contributed by atoms with Gasteiger partial charge < -0.3 is 0 Å². The number of Topliss-reactive ketones (excluding diaryl/α,β-unsaturated/α-hetero) is 1. The van der Waals surface area contributed by atoms with Gasteiger partial charge in [-0.3, -0.25) is 9.52 Å². The largest absolute Gasteiger partial charge is 0.342 e. The number of nitrogens with one attached hydrogen (secondary N) is 1. The van der Waals surface area contributed by atoms with Crippen LogP contribution >= 0.6 is 27.3 Å². The van der Waals surface area contributed by atoms with Crippen LogP contribution in [-0.4, -0.2) is 19.9 Å². The third-order valence-electron chi connectivity index (χ3n) is 2.22. The predicted molar refractivity (Wildman–Crippen MR) is 74.9 cm³/mol. The first-order chi connectivity index (χ1) is 8.28. The van der Waals surface area contributed by atoms with Gasteiger partial charge in [0.05, 0.1) is 10.6 Å². The highest BCUT2D eigenvalue weighted by Crippen LogP contribution is 2.31. The fraction of sp³-hybridized carbons (Fsp3) is 0.200. The van der Waals surface area contributed by atoms with Crippen LogP contribution in [0.15, 0.2) is 21.0 Å². The van der Waals surface area contributed by atoms with Gasteiger partial charge in [-0.25, -0.2) is 0 Å². The predicted octanol–water partition coefficient (Wildman–Crippen LogP) is 2.04. The summed E-state index contributed by atoms with van der Waals surface area (Å²) in [5, 5.41) is 0. The van der Waals surface area contributed by atoms with Crippen molar-refractivity contribution in [3.8, 4) is 0 Å². The number of aryl methyl sites for hydroxylation is 1. The van der Waals surface area contributed by atoms with Crippen molar-refractivity contribution in [3.05, 3.63) is 26.4 Å². The molecule has 0 radical (unpaired) electrons. The standard InChI is InChI=1S/C10H9BrN2O3S2/c1-5(14)8-4-9(13-18(15,16)12-8)10-3-7(11)6(2)17-10/h3-4,13H,1-2H3. The number of thiophene rings is 1. The fourth-order valence-electron chi connectivity index (χ4n) is 1.36. The molecular weight excluding hydrogens is 340 g/mol. The van der Waals surface area contributed by atoms with E-state index in [2.05, 4.69) is 25.0 Å². The quantitative estimate of drug-likeness (QED) is 0.888. The normalized spacial score (nSPS) is 17.7. The van der Waals surface area contributed by atoms with Crippen molar-refractivity contribution in [2.75, 3.05) is 0 Å². The number of carbonyl (C=O) groups is 1. The van der Waals surface area contributed by atoms with Gasteiger partial charge in [0.25, 0.3) is 0 Å². The number of halogens is 1. The van der Waals surface area contributed by atoms with Gasteiger partial charge in [0.1, 0.15) is 5.71 Å². The topological polar surface area (TPSA) is 75.6 Å². The van der Waals surface area contributed by atoms with E-state index >= 15 is 0 Å². The molecular formula is C10H9BrN2O3S2. The van der Waals surface area contributed by atoms with Crippen molar-refractivity contribution in [1.82, 2.24) is 4.72 Å². The first kappa shape index (κ1) is 13.4. The van der Waals surface area contributed by atoms with Crippen LogP contribution in [0.2, 0.25) is 0 Å². The molecule has 18 heavy (non-hydrogen) atoms. The van der Waals surface area contributed by atoms with Crippen molar-refractivity contribution in [2.24, 2.45) is 4.40 Å². The molecule has 96 valence electrons. The lowest BCUT2D eigenvalue weighted by Gasteiger charge is -2.12. The average molecular weight is 349 g/mol. The molecule has 8 heteroatoms. The Morgan fingerprint density at radius 1 is 1.50 bits per heavy atom. The summed E-state index contributed by atoms with van der Waals surface area (Å²) in [5.41, 5.74) is 0.305. The lowest BCUT2D eigenvalue weighted by atomic mass is 10.2. The molecule has 0 unspecified atom stereocenters. The number of allylic oxidation sites excluding steroid dienone is 1. The van der Waals surface area contributed by atoms with Crippen molar-refractivity contribution < 1.29 is 13.2 Å². The molecule has 1 aromatic rings. The smallest absolute Gasteiger partial charge is 0.293 e. The third kappa shape index (κ3) is 2.70. The van der Waals surface area contributed by atoms with Gasteiger partial charge in [0.2, 0.25) is 0 Å². The molecule has 1 aliphatic heterocycles. The maximum atomic E-state index is 11.5. The van der Waals surface area contributed by atoms with Crippen LogP contribution in [0.25, 0.3) is 5.70 Å². The Labute approximate surface area is 117 Å². The summed E-state index contributed by atoms with van der Waals surface area (Å²) in [4.78, 5) is 13.0. The zero-order chi connectivity index (χ0) is 13.5. The highest BCUT2D eigenvalue weighted by atomic mass is 79.9. The molecule has 1 aliphatic rings.